The molecule has 0 spiro atoms. The molecule has 0 aliphatic carbocycles. The van der Waals surface area contributed by atoms with Gasteiger partial charge < -0.3 is 13.6 Å². The number of halogens is 2. The van der Waals surface area contributed by atoms with E-state index in [1.807, 2.05) is 12.1 Å². The number of methoxy groups -OCH3 is 1. The molecular formula is C21H13BrIN3O6. The number of carbonyl (C=O) groups excluding carboxylic acids is 1. The van der Waals surface area contributed by atoms with E-state index in [0.29, 0.717) is 28.4 Å². The second kappa shape index (κ2) is 9.12. The number of hydrazone groups is 1. The smallest absolute Gasteiger partial charge is 0.307 e. The van der Waals surface area contributed by atoms with Crippen molar-refractivity contribution in [3.05, 3.63) is 78.2 Å². The molecule has 0 bridgehead atoms. The van der Waals surface area contributed by atoms with Gasteiger partial charge in [0.05, 0.1) is 33.4 Å². The van der Waals surface area contributed by atoms with E-state index < -0.39 is 10.8 Å². The average Bonchev–Trinajstić information content (AvgIpc) is 3.40. The standard InChI is InChI=1S/C21H13BrIN3O6/c1-30-18-9-13(26(28)29)2-4-15(18)17-5-3-14(31-17)10-24-25-21(27)19-7-11-6-12(22)8-16(23)20(11)32-19/h2-10H,1H3,(H,25,27)/b24-10-. The number of ether oxygens (including phenoxy) is 1. The summed E-state index contributed by atoms with van der Waals surface area (Å²) in [5.41, 5.74) is 3.48. The first-order valence-corrected chi connectivity index (χ1v) is 10.9. The summed E-state index contributed by atoms with van der Waals surface area (Å²) in [7, 11) is 1.42. The summed E-state index contributed by atoms with van der Waals surface area (Å²) in [5, 5.41) is 15.6. The number of non-ortho nitro benzene ring substituents is 1. The van der Waals surface area contributed by atoms with Gasteiger partial charge in [-0.3, -0.25) is 14.9 Å². The fourth-order valence-electron chi connectivity index (χ4n) is 2.96. The quantitative estimate of drug-likeness (QED) is 0.129. The molecule has 32 heavy (non-hydrogen) atoms. The molecular weight excluding hydrogens is 597 g/mol. The molecule has 4 rings (SSSR count). The number of benzene rings is 2. The third kappa shape index (κ3) is 4.53. The van der Waals surface area contributed by atoms with E-state index in [2.05, 4.69) is 49.0 Å². The van der Waals surface area contributed by atoms with Crippen molar-refractivity contribution in [2.45, 2.75) is 0 Å². The lowest BCUT2D eigenvalue weighted by Crippen LogP contribution is -2.16. The number of hydrogen-bond donors (Lipinski definition) is 1. The van der Waals surface area contributed by atoms with E-state index in [4.69, 9.17) is 13.6 Å². The predicted molar refractivity (Wildman–Crippen MR) is 129 cm³/mol. The lowest BCUT2D eigenvalue weighted by Gasteiger charge is -2.05. The molecule has 0 fully saturated rings. The SMILES string of the molecule is COc1cc([N+](=O)[O-])ccc1-c1ccc(/C=N\NC(=O)c2cc3cc(Br)cc(I)c3o2)o1. The number of nitro benzene ring substituents is 1. The van der Waals surface area contributed by atoms with Crippen molar-refractivity contribution in [3.8, 4) is 17.1 Å². The summed E-state index contributed by atoms with van der Waals surface area (Å²) in [5.74, 6) is 0.722. The second-order valence-electron chi connectivity index (χ2n) is 6.46. The van der Waals surface area contributed by atoms with Gasteiger partial charge in [-0.25, -0.2) is 5.43 Å². The minimum Gasteiger partial charge on any atom is -0.496 e. The fraction of sp³-hybridized carbons (Fsp3) is 0.0476. The highest BCUT2D eigenvalue weighted by atomic mass is 127. The van der Waals surface area contributed by atoms with E-state index in [1.165, 1.54) is 25.5 Å². The van der Waals surface area contributed by atoms with Crippen molar-refractivity contribution in [1.29, 1.82) is 0 Å². The number of furan rings is 2. The van der Waals surface area contributed by atoms with Crippen LogP contribution in [0.3, 0.4) is 0 Å². The van der Waals surface area contributed by atoms with Gasteiger partial charge in [0.2, 0.25) is 0 Å². The zero-order valence-electron chi connectivity index (χ0n) is 16.3. The summed E-state index contributed by atoms with van der Waals surface area (Å²) >= 11 is 5.55. The van der Waals surface area contributed by atoms with Crippen LogP contribution in [0, 0.1) is 13.7 Å². The van der Waals surface area contributed by atoms with Crippen LogP contribution in [0.1, 0.15) is 16.3 Å². The van der Waals surface area contributed by atoms with E-state index in [9.17, 15) is 14.9 Å². The van der Waals surface area contributed by atoms with E-state index >= 15 is 0 Å². The molecule has 0 aliphatic rings. The molecule has 1 amide bonds. The van der Waals surface area contributed by atoms with Gasteiger partial charge in [-0.2, -0.15) is 5.10 Å². The first-order valence-electron chi connectivity index (χ1n) is 9.00. The Balaban J connectivity index is 1.48. The van der Waals surface area contributed by atoms with Crippen LogP contribution in [0.15, 0.2) is 66.9 Å². The Morgan fingerprint density at radius 2 is 2.03 bits per heavy atom. The largest absolute Gasteiger partial charge is 0.496 e. The molecule has 0 aliphatic heterocycles. The fourth-order valence-corrected chi connectivity index (χ4v) is 4.62. The zero-order chi connectivity index (χ0) is 22.8. The van der Waals surface area contributed by atoms with Crippen LogP contribution < -0.4 is 10.2 Å². The molecule has 162 valence electrons. The van der Waals surface area contributed by atoms with Crippen LogP contribution in [-0.2, 0) is 0 Å². The van der Waals surface area contributed by atoms with Crippen molar-refractivity contribution in [3.63, 3.8) is 0 Å². The third-order valence-corrected chi connectivity index (χ3v) is 5.66. The van der Waals surface area contributed by atoms with Crippen LogP contribution in [-0.4, -0.2) is 24.2 Å². The lowest BCUT2D eigenvalue weighted by atomic mass is 10.1. The van der Waals surface area contributed by atoms with Gasteiger partial charge >= 0.3 is 5.91 Å². The summed E-state index contributed by atoms with van der Waals surface area (Å²) in [4.78, 5) is 22.8. The average molecular weight is 610 g/mol. The van der Waals surface area contributed by atoms with Gasteiger partial charge in [0.1, 0.15) is 22.9 Å². The number of fused-ring (bicyclic) bond motifs is 1. The Bertz CT molecular complexity index is 1380. The predicted octanol–water partition coefficient (Wildman–Crippen LogP) is 5.74. The van der Waals surface area contributed by atoms with Crippen LogP contribution in [0.2, 0.25) is 0 Å². The lowest BCUT2D eigenvalue weighted by molar-refractivity contribution is -0.384. The summed E-state index contributed by atoms with van der Waals surface area (Å²) in [6.07, 6.45) is 1.34. The number of nitrogens with one attached hydrogen (secondary N) is 1. The molecule has 11 heteroatoms. The maximum Gasteiger partial charge on any atom is 0.307 e. The Kier molecular flexibility index (Phi) is 6.28. The molecule has 2 aromatic heterocycles. The van der Waals surface area contributed by atoms with Gasteiger partial charge in [-0.15, -0.1) is 0 Å². The van der Waals surface area contributed by atoms with Crippen molar-refractivity contribution >= 4 is 67.3 Å². The molecule has 0 saturated carbocycles. The Labute approximate surface area is 202 Å². The Hall–Kier alpha value is -3.19. The molecule has 2 aromatic carbocycles. The van der Waals surface area contributed by atoms with Crippen molar-refractivity contribution < 1.29 is 23.3 Å². The van der Waals surface area contributed by atoms with Crippen LogP contribution in [0.4, 0.5) is 5.69 Å². The number of hydrogen-bond acceptors (Lipinski definition) is 7. The molecule has 0 saturated heterocycles. The monoisotopic (exact) mass is 609 g/mol. The Morgan fingerprint density at radius 1 is 1.22 bits per heavy atom. The molecule has 9 nitrogen and oxygen atoms in total. The first kappa shape index (κ1) is 22.0. The van der Waals surface area contributed by atoms with Gasteiger partial charge in [0.25, 0.3) is 5.69 Å². The molecule has 1 N–H and O–H groups in total. The minimum absolute atomic E-state index is 0.0886. The number of nitrogens with zero attached hydrogens (tertiary/aromatic N) is 2. The second-order valence-corrected chi connectivity index (χ2v) is 8.54. The maximum absolute atomic E-state index is 12.4. The molecule has 0 atom stereocenters. The highest BCUT2D eigenvalue weighted by Gasteiger charge is 2.16. The summed E-state index contributed by atoms with van der Waals surface area (Å²) < 4.78 is 18.3. The van der Waals surface area contributed by atoms with Crippen LogP contribution in [0.5, 0.6) is 5.75 Å². The number of nitro groups is 1. The minimum atomic E-state index is -0.506. The number of carbonyl (C=O) groups is 1. The van der Waals surface area contributed by atoms with Gasteiger partial charge in [0.15, 0.2) is 5.76 Å². The van der Waals surface area contributed by atoms with Crippen LogP contribution >= 0.6 is 38.5 Å². The molecule has 0 unspecified atom stereocenters. The van der Waals surface area contributed by atoms with Gasteiger partial charge in [0, 0.05) is 15.9 Å². The van der Waals surface area contributed by atoms with Crippen molar-refractivity contribution in [2.75, 3.05) is 7.11 Å². The highest BCUT2D eigenvalue weighted by Crippen LogP contribution is 2.34. The zero-order valence-corrected chi connectivity index (χ0v) is 20.0. The molecule has 0 radical (unpaired) electrons. The van der Waals surface area contributed by atoms with E-state index in [1.54, 1.807) is 24.3 Å². The Morgan fingerprint density at radius 3 is 2.78 bits per heavy atom. The number of amides is 1. The summed E-state index contributed by atoms with van der Waals surface area (Å²) in [6, 6.07) is 12.9. The van der Waals surface area contributed by atoms with E-state index in [0.717, 1.165) is 13.4 Å². The topological polar surface area (TPSA) is 120 Å². The van der Waals surface area contributed by atoms with Crippen LogP contribution in [0.25, 0.3) is 22.3 Å². The molecule has 4 aromatic rings. The van der Waals surface area contributed by atoms with E-state index in [-0.39, 0.29) is 11.4 Å². The third-order valence-electron chi connectivity index (χ3n) is 4.41. The van der Waals surface area contributed by atoms with Gasteiger partial charge in [-0.1, -0.05) is 15.9 Å². The van der Waals surface area contributed by atoms with Crippen molar-refractivity contribution in [1.82, 2.24) is 5.43 Å². The maximum atomic E-state index is 12.4. The van der Waals surface area contributed by atoms with Crippen molar-refractivity contribution in [2.24, 2.45) is 5.10 Å². The number of rotatable bonds is 6. The summed E-state index contributed by atoms with van der Waals surface area (Å²) in [6.45, 7) is 0. The van der Waals surface area contributed by atoms with Gasteiger partial charge in [-0.05, 0) is 59.0 Å². The first-order chi connectivity index (χ1) is 15.4. The highest BCUT2D eigenvalue weighted by molar-refractivity contribution is 14.1. The molecule has 2 heterocycles. The normalized spacial score (nSPS) is 11.2.